The number of allylic oxidation sites excluding steroid dienone is 5. The van der Waals surface area contributed by atoms with Gasteiger partial charge in [0.2, 0.25) is 0 Å². The molecule has 30 heavy (non-hydrogen) atoms. The van der Waals surface area contributed by atoms with Gasteiger partial charge in [0.15, 0.2) is 11.6 Å². The van der Waals surface area contributed by atoms with Crippen molar-refractivity contribution < 1.29 is 11.0 Å². The SMILES string of the molecule is [2H]C1C(C(C)=O)=C2/C=C3/C=CC(=N3)/C=c3/cc/c([nH]3)=C/C3=NC(=C\C1(C(C)=O)N2)/C=C3. The Bertz CT molecular complexity index is 1380. The fourth-order valence-corrected chi connectivity index (χ4v) is 3.81. The van der Waals surface area contributed by atoms with Gasteiger partial charge in [0, 0.05) is 29.7 Å². The van der Waals surface area contributed by atoms with Gasteiger partial charge in [-0.15, -0.1) is 0 Å². The maximum absolute atomic E-state index is 12.8. The summed E-state index contributed by atoms with van der Waals surface area (Å²) in [5.41, 5.74) is 2.00. The van der Waals surface area contributed by atoms with E-state index in [0.717, 1.165) is 22.1 Å². The van der Waals surface area contributed by atoms with Crippen molar-refractivity contribution in [2.75, 3.05) is 0 Å². The van der Waals surface area contributed by atoms with Crippen LogP contribution in [0.1, 0.15) is 21.6 Å². The van der Waals surface area contributed by atoms with Crippen LogP contribution in [0.15, 0.2) is 81.2 Å². The van der Waals surface area contributed by atoms with E-state index in [1.165, 1.54) is 13.8 Å². The van der Waals surface area contributed by atoms with E-state index >= 15 is 0 Å². The first-order valence-corrected chi connectivity index (χ1v) is 9.67. The van der Waals surface area contributed by atoms with Gasteiger partial charge < -0.3 is 10.3 Å². The highest BCUT2D eigenvalue weighted by Crippen LogP contribution is 2.34. The molecule has 0 radical (unpaired) electrons. The van der Waals surface area contributed by atoms with Gasteiger partial charge in [0.1, 0.15) is 5.54 Å². The van der Waals surface area contributed by atoms with Crippen molar-refractivity contribution in [2.24, 2.45) is 9.98 Å². The number of rotatable bonds is 2. The summed E-state index contributed by atoms with van der Waals surface area (Å²) in [6.45, 7) is 2.84. The topological polar surface area (TPSA) is 86.7 Å². The number of carbonyl (C=O) groups excluding carboxylic acids is 2. The predicted octanol–water partition coefficient (Wildman–Crippen LogP) is 1.54. The van der Waals surface area contributed by atoms with Gasteiger partial charge in [0.25, 0.3) is 0 Å². The Morgan fingerprint density at radius 2 is 1.60 bits per heavy atom. The van der Waals surface area contributed by atoms with Crippen LogP contribution in [0.3, 0.4) is 0 Å². The first-order valence-electron chi connectivity index (χ1n) is 10.2. The summed E-state index contributed by atoms with van der Waals surface area (Å²) in [5.74, 6) is -0.516. The summed E-state index contributed by atoms with van der Waals surface area (Å²) in [4.78, 5) is 37.7. The summed E-state index contributed by atoms with van der Waals surface area (Å²) in [6, 6.07) is 3.93. The number of hydrogen-bond acceptors (Lipinski definition) is 5. The minimum Gasteiger partial charge on any atom is -0.369 e. The van der Waals surface area contributed by atoms with Crippen LogP contribution in [-0.4, -0.2) is 33.5 Å². The lowest BCUT2D eigenvalue weighted by Crippen LogP contribution is -2.45. The third kappa shape index (κ3) is 3.16. The highest BCUT2D eigenvalue weighted by molar-refractivity contribution is 6.20. The van der Waals surface area contributed by atoms with Gasteiger partial charge >= 0.3 is 0 Å². The van der Waals surface area contributed by atoms with E-state index in [4.69, 9.17) is 1.37 Å². The number of Topliss-reactive ketones (excluding diaryl/α,β-unsaturated/α-hetero) is 2. The molecular formula is C24H20N4O2. The zero-order valence-corrected chi connectivity index (χ0v) is 16.6. The number of aromatic amines is 1. The summed E-state index contributed by atoms with van der Waals surface area (Å²) in [5, 5.41) is 4.97. The van der Waals surface area contributed by atoms with Crippen molar-refractivity contribution in [3.8, 4) is 0 Å². The van der Waals surface area contributed by atoms with Gasteiger partial charge in [-0.25, -0.2) is 9.98 Å². The van der Waals surface area contributed by atoms with Crippen LogP contribution in [0.4, 0.5) is 0 Å². The van der Waals surface area contributed by atoms with E-state index in [1.807, 2.05) is 42.5 Å². The number of nitrogens with zero attached hydrogens (tertiary/aromatic N) is 2. The molecule has 2 N–H and O–H groups in total. The lowest BCUT2D eigenvalue weighted by molar-refractivity contribution is -0.121. The van der Waals surface area contributed by atoms with Crippen LogP contribution in [-0.2, 0) is 9.59 Å². The first kappa shape index (κ1) is 17.1. The minimum atomic E-state index is -1.39. The normalized spacial score (nSPS) is 32.5. The van der Waals surface area contributed by atoms with Crippen LogP contribution in [0, 0.1) is 0 Å². The number of nitrogens with one attached hydrogen (secondary N) is 2. The second-order valence-corrected chi connectivity index (χ2v) is 7.61. The van der Waals surface area contributed by atoms with Crippen molar-refractivity contribution in [2.45, 2.75) is 25.8 Å². The molecule has 0 saturated heterocycles. The third-order valence-corrected chi connectivity index (χ3v) is 5.34. The molecule has 0 aliphatic carbocycles. The van der Waals surface area contributed by atoms with Crippen molar-refractivity contribution in [1.82, 2.24) is 10.3 Å². The van der Waals surface area contributed by atoms with Gasteiger partial charge in [-0.1, -0.05) is 0 Å². The molecule has 4 aliphatic rings. The largest absolute Gasteiger partial charge is 0.369 e. The molecule has 0 spiro atoms. The molecule has 6 heteroatoms. The van der Waals surface area contributed by atoms with E-state index in [1.54, 1.807) is 18.2 Å². The number of carbonyl (C=O) groups is 2. The number of hydrogen-bond donors (Lipinski definition) is 2. The number of aromatic nitrogens is 1. The number of fused-ring (bicyclic) bond motifs is 6. The Kier molecular flexibility index (Phi) is 3.77. The average molecular weight is 397 g/mol. The standard InChI is InChI=1S/C24H20N4O2/c1-14(29)22-13-24(15(2)30)12-21-8-7-19(27-21)10-17-4-3-16(25-17)9-18-5-6-20(26-18)11-23(22)28-24/h3-12,25,28H,13H2,1-2H3/b16-9-,17-10-,20-11-,21-12-/i13D. The molecule has 0 aromatic carbocycles. The van der Waals surface area contributed by atoms with Crippen molar-refractivity contribution in [3.05, 3.63) is 82.0 Å². The monoisotopic (exact) mass is 397 g/mol. The highest BCUT2D eigenvalue weighted by Gasteiger charge is 2.42. The second-order valence-electron chi connectivity index (χ2n) is 7.61. The summed E-state index contributed by atoms with van der Waals surface area (Å²) < 4.78 is 8.81. The highest BCUT2D eigenvalue weighted by atomic mass is 16.1. The van der Waals surface area contributed by atoms with Crippen molar-refractivity contribution in [3.63, 3.8) is 0 Å². The summed E-state index contributed by atoms with van der Waals surface area (Å²) >= 11 is 0. The maximum atomic E-state index is 12.8. The summed E-state index contributed by atoms with van der Waals surface area (Å²) in [6.07, 6.45) is 13.5. The van der Waals surface area contributed by atoms with E-state index in [0.29, 0.717) is 17.1 Å². The molecule has 2 atom stereocenters. The van der Waals surface area contributed by atoms with E-state index < -0.39 is 11.9 Å². The molecule has 5 heterocycles. The smallest absolute Gasteiger partial charge is 0.159 e. The number of aliphatic imine (C=N–C) groups is 2. The molecule has 2 unspecified atom stereocenters. The average Bonchev–Trinajstić information content (AvgIpc) is 3.46. The fraction of sp³-hybridized carbons (Fsp3) is 0.167. The Labute approximate surface area is 174 Å². The molecule has 148 valence electrons. The fourth-order valence-electron chi connectivity index (χ4n) is 3.81. The van der Waals surface area contributed by atoms with E-state index in [2.05, 4.69) is 20.3 Å². The third-order valence-electron chi connectivity index (χ3n) is 5.34. The lowest BCUT2D eigenvalue weighted by Gasteiger charge is -2.24. The number of H-pyrrole nitrogens is 1. The molecule has 4 aliphatic heterocycles. The van der Waals surface area contributed by atoms with Crippen molar-refractivity contribution >= 4 is 35.1 Å². The molecule has 0 fully saturated rings. The molecular weight excluding hydrogens is 376 g/mol. The van der Waals surface area contributed by atoms with Crippen LogP contribution in [0.2, 0.25) is 0 Å². The van der Waals surface area contributed by atoms with Gasteiger partial charge in [0.05, 0.1) is 22.8 Å². The van der Waals surface area contributed by atoms with Gasteiger partial charge in [-0.3, -0.25) is 9.59 Å². The van der Waals surface area contributed by atoms with Crippen LogP contribution in [0.25, 0.3) is 12.2 Å². The Hall–Kier alpha value is -3.80. The van der Waals surface area contributed by atoms with Crippen molar-refractivity contribution in [1.29, 1.82) is 0 Å². The molecule has 6 nitrogen and oxygen atoms in total. The maximum Gasteiger partial charge on any atom is 0.159 e. The predicted molar refractivity (Wildman–Crippen MR) is 117 cm³/mol. The van der Waals surface area contributed by atoms with Crippen LogP contribution < -0.4 is 16.0 Å². The second kappa shape index (κ2) is 6.62. The first-order chi connectivity index (χ1) is 14.8. The molecule has 8 bridgehead atoms. The molecule has 5 rings (SSSR count). The lowest BCUT2D eigenvalue weighted by atomic mass is 9.88. The Morgan fingerprint density at radius 1 is 0.967 bits per heavy atom. The molecule has 0 amide bonds. The zero-order valence-electron chi connectivity index (χ0n) is 17.6. The van der Waals surface area contributed by atoms with E-state index in [9.17, 15) is 9.59 Å². The minimum absolute atomic E-state index is 0.255. The Balaban J connectivity index is 1.77. The molecule has 1 aromatic rings. The molecule has 0 saturated carbocycles. The zero-order chi connectivity index (χ0) is 21.8. The van der Waals surface area contributed by atoms with Gasteiger partial charge in [-0.2, -0.15) is 0 Å². The molecule has 1 aromatic heterocycles. The van der Waals surface area contributed by atoms with Crippen LogP contribution in [0.5, 0.6) is 0 Å². The van der Waals surface area contributed by atoms with Gasteiger partial charge in [-0.05, 0) is 74.6 Å². The summed E-state index contributed by atoms with van der Waals surface area (Å²) in [7, 11) is 0. The van der Waals surface area contributed by atoms with Crippen LogP contribution >= 0.6 is 0 Å². The number of ketones is 2. The Morgan fingerprint density at radius 3 is 2.23 bits per heavy atom. The van der Waals surface area contributed by atoms with E-state index in [-0.39, 0.29) is 17.1 Å². The quantitative estimate of drug-likeness (QED) is 0.794.